The quantitative estimate of drug-likeness (QED) is 0.662. The number of anilines is 2. The summed E-state index contributed by atoms with van der Waals surface area (Å²) in [7, 11) is 0. The fourth-order valence-corrected chi connectivity index (χ4v) is 3.16. The summed E-state index contributed by atoms with van der Waals surface area (Å²) < 4.78 is 0. The van der Waals surface area contributed by atoms with Crippen molar-refractivity contribution in [2.75, 3.05) is 16.3 Å². The van der Waals surface area contributed by atoms with Crippen LogP contribution in [-0.2, 0) is 0 Å². The maximum absolute atomic E-state index is 13.0. The van der Waals surface area contributed by atoms with Crippen molar-refractivity contribution in [2.45, 2.75) is 6.04 Å². The smallest absolute Gasteiger partial charge is 0.275 e. The summed E-state index contributed by atoms with van der Waals surface area (Å²) in [6, 6.07) is 13.9. The molecule has 25 heavy (non-hydrogen) atoms. The van der Waals surface area contributed by atoms with Crippen molar-refractivity contribution in [3.05, 3.63) is 60.0 Å². The number of benzene rings is 1. The third-order valence-electron chi connectivity index (χ3n) is 4.14. The SMILES string of the molecule is N#C[C@@H]1CN(c2cccc(Cl)n2)C(=O)N1c1cncc2ccccc12. The summed E-state index contributed by atoms with van der Waals surface area (Å²) in [4.78, 5) is 24.3. The topological polar surface area (TPSA) is 73.1 Å². The molecule has 0 spiro atoms. The number of hydrogen-bond acceptors (Lipinski definition) is 4. The molecule has 0 N–H and O–H groups in total. The molecule has 1 aliphatic rings. The second-order valence-electron chi connectivity index (χ2n) is 5.61. The fraction of sp³-hybridized carbons (Fsp3) is 0.111. The first kappa shape index (κ1) is 15.4. The van der Waals surface area contributed by atoms with Crippen LogP contribution in [0.25, 0.3) is 10.8 Å². The third-order valence-corrected chi connectivity index (χ3v) is 4.35. The van der Waals surface area contributed by atoms with E-state index in [1.807, 2.05) is 24.3 Å². The van der Waals surface area contributed by atoms with Gasteiger partial charge in [0.05, 0.1) is 24.5 Å². The van der Waals surface area contributed by atoms with Gasteiger partial charge in [-0.2, -0.15) is 5.26 Å². The first-order chi connectivity index (χ1) is 12.2. The zero-order valence-electron chi connectivity index (χ0n) is 13.0. The number of aromatic nitrogens is 2. The molecule has 1 saturated heterocycles. The number of nitrogens with zero attached hydrogens (tertiary/aromatic N) is 5. The predicted octanol–water partition coefficient (Wildman–Crippen LogP) is 3.62. The van der Waals surface area contributed by atoms with E-state index in [9.17, 15) is 10.1 Å². The molecule has 4 rings (SSSR count). The van der Waals surface area contributed by atoms with E-state index in [4.69, 9.17) is 11.6 Å². The number of rotatable bonds is 2. The van der Waals surface area contributed by atoms with Crippen LogP contribution in [0.15, 0.2) is 54.9 Å². The van der Waals surface area contributed by atoms with Gasteiger partial charge in [0, 0.05) is 17.0 Å². The van der Waals surface area contributed by atoms with Crippen LogP contribution in [0, 0.1) is 11.3 Å². The highest BCUT2D eigenvalue weighted by Gasteiger charge is 2.40. The number of amides is 2. The first-order valence-corrected chi connectivity index (χ1v) is 8.02. The molecule has 1 fully saturated rings. The molecule has 1 atom stereocenters. The molecule has 3 aromatic rings. The first-order valence-electron chi connectivity index (χ1n) is 7.64. The maximum atomic E-state index is 13.0. The molecule has 3 heterocycles. The van der Waals surface area contributed by atoms with Gasteiger partial charge in [-0.05, 0) is 12.1 Å². The summed E-state index contributed by atoms with van der Waals surface area (Å²) in [6.45, 7) is 0.214. The number of carbonyl (C=O) groups is 1. The molecular formula is C18H12ClN5O. The van der Waals surface area contributed by atoms with Crippen LogP contribution in [0.3, 0.4) is 0 Å². The van der Waals surface area contributed by atoms with Crippen LogP contribution >= 0.6 is 11.6 Å². The van der Waals surface area contributed by atoms with Crippen LogP contribution in [0.2, 0.25) is 5.15 Å². The monoisotopic (exact) mass is 349 g/mol. The molecule has 6 nitrogen and oxygen atoms in total. The lowest BCUT2D eigenvalue weighted by atomic mass is 10.1. The average Bonchev–Trinajstić information content (AvgIpc) is 2.97. The van der Waals surface area contributed by atoms with Crippen LogP contribution in [0.5, 0.6) is 0 Å². The lowest BCUT2D eigenvalue weighted by Crippen LogP contribution is -2.34. The highest BCUT2D eigenvalue weighted by atomic mass is 35.5. The normalized spacial score (nSPS) is 17.1. The van der Waals surface area contributed by atoms with Gasteiger partial charge in [0.1, 0.15) is 17.0 Å². The van der Waals surface area contributed by atoms with Gasteiger partial charge >= 0.3 is 6.03 Å². The van der Waals surface area contributed by atoms with E-state index in [-0.39, 0.29) is 12.6 Å². The molecule has 1 aromatic carbocycles. The van der Waals surface area contributed by atoms with Gasteiger partial charge in [-0.3, -0.25) is 14.8 Å². The molecule has 0 radical (unpaired) electrons. The van der Waals surface area contributed by atoms with E-state index < -0.39 is 6.04 Å². The number of hydrogen-bond donors (Lipinski definition) is 0. The summed E-state index contributed by atoms with van der Waals surface area (Å²) in [6.07, 6.45) is 3.34. The Morgan fingerprint density at radius 2 is 2.00 bits per heavy atom. The second kappa shape index (κ2) is 6.04. The number of carbonyl (C=O) groups excluding carboxylic acids is 1. The molecule has 0 bridgehead atoms. The summed E-state index contributed by atoms with van der Waals surface area (Å²) in [5, 5.41) is 11.6. The Morgan fingerprint density at radius 3 is 2.80 bits per heavy atom. The molecule has 0 saturated carbocycles. The van der Waals surface area contributed by atoms with Gasteiger partial charge in [-0.25, -0.2) is 9.78 Å². The molecule has 0 unspecified atom stereocenters. The van der Waals surface area contributed by atoms with Gasteiger partial charge in [-0.1, -0.05) is 41.9 Å². The lowest BCUT2D eigenvalue weighted by Gasteiger charge is -2.20. The van der Waals surface area contributed by atoms with E-state index in [0.29, 0.717) is 16.7 Å². The van der Waals surface area contributed by atoms with Gasteiger partial charge in [0.15, 0.2) is 0 Å². The summed E-state index contributed by atoms with van der Waals surface area (Å²) in [5.74, 6) is 0.424. The minimum atomic E-state index is -0.638. The third kappa shape index (κ3) is 2.55. The van der Waals surface area contributed by atoms with Crippen LogP contribution < -0.4 is 9.80 Å². The van der Waals surface area contributed by atoms with E-state index in [2.05, 4.69) is 16.0 Å². The highest BCUT2D eigenvalue weighted by molar-refractivity contribution is 6.29. The summed E-state index contributed by atoms with van der Waals surface area (Å²) in [5.41, 5.74) is 0.610. The van der Waals surface area contributed by atoms with E-state index >= 15 is 0 Å². The standard InChI is InChI=1S/C18H12ClN5O/c19-16-6-3-7-17(22-16)23-11-13(8-20)24(18(23)25)15-10-21-9-12-4-1-2-5-14(12)15/h1-7,9-10,13H,11H2/t13-/m1/s1. The zero-order chi connectivity index (χ0) is 17.4. The molecule has 0 aliphatic carbocycles. The van der Waals surface area contributed by atoms with Crippen LogP contribution in [-0.4, -0.2) is 28.6 Å². The highest BCUT2D eigenvalue weighted by Crippen LogP contribution is 2.32. The number of halogens is 1. The van der Waals surface area contributed by atoms with Gasteiger partial charge in [0.25, 0.3) is 0 Å². The van der Waals surface area contributed by atoms with Crippen molar-refractivity contribution in [1.82, 2.24) is 9.97 Å². The van der Waals surface area contributed by atoms with Crippen molar-refractivity contribution < 1.29 is 4.79 Å². The van der Waals surface area contributed by atoms with Crippen molar-refractivity contribution in [3.8, 4) is 6.07 Å². The molecule has 2 aromatic heterocycles. The van der Waals surface area contributed by atoms with E-state index in [0.717, 1.165) is 10.8 Å². The zero-order valence-corrected chi connectivity index (χ0v) is 13.8. The molecule has 1 aliphatic heterocycles. The number of nitriles is 1. The number of urea groups is 1. The Bertz CT molecular complexity index is 1010. The Kier molecular flexibility index (Phi) is 3.71. The fourth-order valence-electron chi connectivity index (χ4n) is 3.00. The predicted molar refractivity (Wildman–Crippen MR) is 95.6 cm³/mol. The molecule has 2 amide bonds. The van der Waals surface area contributed by atoms with Crippen molar-refractivity contribution in [1.29, 1.82) is 5.26 Å². The summed E-state index contributed by atoms with van der Waals surface area (Å²) >= 11 is 5.94. The maximum Gasteiger partial charge on any atom is 0.331 e. The van der Waals surface area contributed by atoms with Crippen molar-refractivity contribution in [3.63, 3.8) is 0 Å². The Hall–Kier alpha value is -3.17. The molecule has 7 heteroatoms. The number of pyridine rings is 2. The Balaban J connectivity index is 1.81. The van der Waals surface area contributed by atoms with Crippen LogP contribution in [0.4, 0.5) is 16.3 Å². The minimum absolute atomic E-state index is 0.214. The number of fused-ring (bicyclic) bond motifs is 1. The van der Waals surface area contributed by atoms with Crippen molar-refractivity contribution >= 4 is 39.9 Å². The Labute approximate surface area is 148 Å². The van der Waals surface area contributed by atoms with Crippen LogP contribution in [0.1, 0.15) is 0 Å². The molecular weight excluding hydrogens is 338 g/mol. The molecule has 122 valence electrons. The largest absolute Gasteiger partial charge is 0.331 e. The van der Waals surface area contributed by atoms with E-state index in [1.54, 1.807) is 30.6 Å². The van der Waals surface area contributed by atoms with Gasteiger partial charge in [0.2, 0.25) is 0 Å². The van der Waals surface area contributed by atoms with Gasteiger partial charge in [-0.15, -0.1) is 0 Å². The Morgan fingerprint density at radius 1 is 1.16 bits per heavy atom. The van der Waals surface area contributed by atoms with Crippen molar-refractivity contribution in [2.24, 2.45) is 0 Å². The second-order valence-corrected chi connectivity index (χ2v) is 5.99. The lowest BCUT2D eigenvalue weighted by molar-refractivity contribution is 0.255. The van der Waals surface area contributed by atoms with E-state index in [1.165, 1.54) is 9.80 Å². The van der Waals surface area contributed by atoms with Gasteiger partial charge < -0.3 is 0 Å². The average molecular weight is 350 g/mol. The minimum Gasteiger partial charge on any atom is -0.275 e.